The third-order valence-electron chi connectivity index (χ3n) is 4.27. The molecule has 1 aromatic rings. The summed E-state index contributed by atoms with van der Waals surface area (Å²) in [7, 11) is -3.56. The largest absolute Gasteiger partial charge is 0.491 e. The lowest BCUT2D eigenvalue weighted by atomic mass is 10.0. The Morgan fingerprint density at radius 2 is 1.81 bits per heavy atom. The van der Waals surface area contributed by atoms with Crippen LogP contribution in [0.2, 0.25) is 0 Å². The lowest BCUT2D eigenvalue weighted by Gasteiger charge is -2.23. The third kappa shape index (κ3) is 5.38. The summed E-state index contributed by atoms with van der Waals surface area (Å²) in [5.74, 6) is 0.635. The Morgan fingerprint density at radius 1 is 1.23 bits per heavy atom. The molecule has 0 saturated carbocycles. The molecule has 2 N–H and O–H groups in total. The van der Waals surface area contributed by atoms with Crippen molar-refractivity contribution in [1.82, 2.24) is 4.31 Å². The Morgan fingerprint density at radius 3 is 2.35 bits per heavy atom. The number of piperidine rings is 1. The molecule has 0 aliphatic carbocycles. The number of hydrogen-bond acceptors (Lipinski definition) is 6. The molecule has 1 heterocycles. The van der Waals surface area contributed by atoms with E-state index in [1.807, 2.05) is 13.8 Å². The predicted octanol–water partition coefficient (Wildman–Crippen LogP) is 1.00. The highest BCUT2D eigenvalue weighted by molar-refractivity contribution is 7.92. The summed E-state index contributed by atoms with van der Waals surface area (Å²) in [5, 5.41) is 19.3. The van der Waals surface area contributed by atoms with Crippen molar-refractivity contribution in [2.24, 2.45) is 0 Å². The number of rotatable bonds is 7. The van der Waals surface area contributed by atoms with Gasteiger partial charge in [0.2, 0.25) is 10.0 Å². The minimum Gasteiger partial charge on any atom is -0.491 e. The van der Waals surface area contributed by atoms with Crippen LogP contribution in [0.1, 0.15) is 29.5 Å². The van der Waals surface area contributed by atoms with E-state index in [0.717, 1.165) is 16.7 Å². The van der Waals surface area contributed by atoms with Gasteiger partial charge in [0.1, 0.15) is 24.2 Å². The van der Waals surface area contributed by atoms with E-state index in [9.17, 15) is 18.3 Å². The van der Waals surface area contributed by atoms with E-state index < -0.39 is 16.1 Å². The highest BCUT2D eigenvalue weighted by Crippen LogP contribution is 2.24. The number of hydrogen-bond donors (Lipinski definition) is 2. The van der Waals surface area contributed by atoms with Crippen LogP contribution in [0, 0.1) is 13.8 Å². The zero-order valence-electron chi connectivity index (χ0n) is 15.0. The number of carbonyl (C=O) groups excluding carboxylic acids is 1. The summed E-state index contributed by atoms with van der Waals surface area (Å²) in [6.45, 7) is 3.74. The minimum atomic E-state index is -3.56. The maximum absolute atomic E-state index is 12.4. The Kier molecular flexibility index (Phi) is 6.94. The third-order valence-corrected chi connectivity index (χ3v) is 5.83. The van der Waals surface area contributed by atoms with E-state index in [1.54, 1.807) is 18.2 Å². The summed E-state index contributed by atoms with van der Waals surface area (Å²) in [6, 6.07) is 3.51. The summed E-state index contributed by atoms with van der Waals surface area (Å²) < 4.78 is 31.6. The van der Waals surface area contributed by atoms with Crippen LogP contribution in [-0.4, -0.2) is 61.1 Å². The van der Waals surface area contributed by atoms with Crippen molar-refractivity contribution in [1.29, 1.82) is 0 Å². The van der Waals surface area contributed by atoms with Crippen molar-refractivity contribution in [2.75, 3.05) is 26.3 Å². The van der Waals surface area contributed by atoms with Gasteiger partial charge in [-0.1, -0.05) is 0 Å². The second-order valence-corrected chi connectivity index (χ2v) is 8.22. The molecule has 1 aromatic carbocycles. The molecule has 26 heavy (non-hydrogen) atoms. The molecular formula is C18H25NO6S. The van der Waals surface area contributed by atoms with Crippen molar-refractivity contribution in [3.63, 3.8) is 0 Å². The SMILES string of the molecule is Cc1cc(OC[C@H](O)CO)cc(C)c1C=CS(=O)(=O)N1CCC(=O)CC1. The number of ether oxygens (including phenoxy) is 1. The Labute approximate surface area is 153 Å². The Hall–Kier alpha value is -1.74. The molecule has 7 nitrogen and oxygen atoms in total. The van der Waals surface area contributed by atoms with Crippen LogP contribution >= 0.6 is 0 Å². The van der Waals surface area contributed by atoms with Crippen LogP contribution in [0.15, 0.2) is 17.5 Å². The summed E-state index contributed by atoms with van der Waals surface area (Å²) in [4.78, 5) is 11.3. The monoisotopic (exact) mass is 383 g/mol. The van der Waals surface area contributed by atoms with E-state index in [4.69, 9.17) is 9.84 Å². The molecule has 0 amide bonds. The normalized spacial score (nSPS) is 17.6. The van der Waals surface area contributed by atoms with E-state index in [-0.39, 0.29) is 44.9 Å². The molecule has 0 aromatic heterocycles. The maximum atomic E-state index is 12.4. The molecule has 8 heteroatoms. The van der Waals surface area contributed by atoms with Crippen LogP contribution in [0.5, 0.6) is 5.75 Å². The van der Waals surface area contributed by atoms with E-state index in [0.29, 0.717) is 5.75 Å². The van der Waals surface area contributed by atoms with Crippen LogP contribution in [0.25, 0.3) is 6.08 Å². The van der Waals surface area contributed by atoms with Crippen LogP contribution in [0.4, 0.5) is 0 Å². The molecule has 1 fully saturated rings. The van der Waals surface area contributed by atoms with Crippen molar-refractivity contribution in [2.45, 2.75) is 32.8 Å². The number of nitrogens with zero attached hydrogens (tertiary/aromatic N) is 1. The predicted molar refractivity (Wildman–Crippen MR) is 98.3 cm³/mol. The average Bonchev–Trinajstić information content (AvgIpc) is 2.59. The number of aliphatic hydroxyl groups is 2. The molecule has 0 unspecified atom stereocenters. The van der Waals surface area contributed by atoms with Crippen molar-refractivity contribution >= 4 is 21.9 Å². The van der Waals surface area contributed by atoms with Crippen LogP contribution in [-0.2, 0) is 14.8 Å². The quantitative estimate of drug-likeness (QED) is 0.728. The zero-order chi connectivity index (χ0) is 19.3. The van der Waals surface area contributed by atoms with Gasteiger partial charge in [-0.3, -0.25) is 4.79 Å². The summed E-state index contributed by atoms with van der Waals surface area (Å²) >= 11 is 0. The first-order chi connectivity index (χ1) is 12.2. The molecule has 2 rings (SSSR count). The van der Waals surface area contributed by atoms with E-state index in [2.05, 4.69) is 0 Å². The highest BCUT2D eigenvalue weighted by Gasteiger charge is 2.24. The number of ketones is 1. The van der Waals surface area contributed by atoms with E-state index in [1.165, 1.54) is 9.71 Å². The molecule has 1 atom stereocenters. The first kappa shape index (κ1) is 20.6. The molecular weight excluding hydrogens is 358 g/mol. The van der Waals surface area contributed by atoms with Crippen molar-refractivity contribution < 1.29 is 28.2 Å². The smallest absolute Gasteiger partial charge is 0.236 e. The van der Waals surface area contributed by atoms with Gasteiger partial charge in [-0.2, -0.15) is 4.31 Å². The minimum absolute atomic E-state index is 0.0212. The molecule has 144 valence electrons. The average molecular weight is 383 g/mol. The highest BCUT2D eigenvalue weighted by atomic mass is 32.2. The first-order valence-corrected chi connectivity index (χ1v) is 9.96. The van der Waals surface area contributed by atoms with Gasteiger partial charge in [-0.25, -0.2) is 8.42 Å². The first-order valence-electron chi connectivity index (χ1n) is 8.46. The van der Waals surface area contributed by atoms with Gasteiger partial charge in [0.15, 0.2) is 0 Å². The Bertz CT molecular complexity index is 754. The molecule has 0 spiro atoms. The summed E-state index contributed by atoms with van der Waals surface area (Å²) in [5.41, 5.74) is 2.44. The van der Waals surface area contributed by atoms with Gasteiger partial charge in [-0.15, -0.1) is 0 Å². The van der Waals surface area contributed by atoms with Gasteiger partial charge in [0.05, 0.1) is 6.61 Å². The van der Waals surface area contributed by atoms with Crippen molar-refractivity contribution in [3.8, 4) is 5.75 Å². The number of aliphatic hydroxyl groups excluding tert-OH is 2. The number of benzene rings is 1. The second-order valence-electron chi connectivity index (χ2n) is 6.40. The van der Waals surface area contributed by atoms with E-state index >= 15 is 0 Å². The zero-order valence-corrected chi connectivity index (χ0v) is 15.8. The number of carbonyl (C=O) groups is 1. The van der Waals surface area contributed by atoms with Crippen molar-refractivity contribution in [3.05, 3.63) is 34.2 Å². The molecule has 1 aliphatic rings. The fourth-order valence-electron chi connectivity index (χ4n) is 2.76. The fourth-order valence-corrected chi connectivity index (χ4v) is 3.93. The lowest BCUT2D eigenvalue weighted by molar-refractivity contribution is -0.120. The summed E-state index contributed by atoms with van der Waals surface area (Å²) in [6.07, 6.45) is 1.13. The molecule has 1 saturated heterocycles. The molecule has 0 bridgehead atoms. The second kappa shape index (κ2) is 8.77. The topological polar surface area (TPSA) is 104 Å². The van der Waals surface area contributed by atoms with Gasteiger partial charge in [0, 0.05) is 31.3 Å². The van der Waals surface area contributed by atoms with Gasteiger partial charge in [0.25, 0.3) is 0 Å². The standard InChI is InChI=1S/C18H25NO6S/c1-13-9-17(25-12-16(22)11-20)10-14(2)18(13)5-8-26(23,24)19-6-3-15(21)4-7-19/h5,8-10,16,20,22H,3-4,6-7,11-12H2,1-2H3/t16-/m1/s1. The van der Waals surface area contributed by atoms with Gasteiger partial charge >= 0.3 is 0 Å². The number of Topliss-reactive ketones (excluding diaryl/α,β-unsaturated/α-hetero) is 1. The van der Waals surface area contributed by atoms with Crippen LogP contribution < -0.4 is 4.74 Å². The Balaban J connectivity index is 2.13. The number of sulfonamides is 1. The number of aryl methyl sites for hydroxylation is 2. The molecule has 1 aliphatic heterocycles. The maximum Gasteiger partial charge on any atom is 0.236 e. The lowest BCUT2D eigenvalue weighted by Crippen LogP contribution is -2.37. The fraction of sp³-hybridized carbons (Fsp3) is 0.500. The van der Waals surface area contributed by atoms with Crippen LogP contribution in [0.3, 0.4) is 0 Å². The molecule has 0 radical (unpaired) electrons. The van der Waals surface area contributed by atoms with Gasteiger partial charge < -0.3 is 14.9 Å². The van der Waals surface area contributed by atoms with Gasteiger partial charge in [-0.05, 0) is 48.7 Å².